The quantitative estimate of drug-likeness (QED) is 0.419. The van der Waals surface area contributed by atoms with E-state index in [9.17, 15) is 0 Å². The third-order valence-electron chi connectivity index (χ3n) is 0.439. The van der Waals surface area contributed by atoms with E-state index in [-0.39, 0.29) is 0 Å². The van der Waals surface area contributed by atoms with E-state index >= 15 is 0 Å². The summed E-state index contributed by atoms with van der Waals surface area (Å²) in [4.78, 5) is 0. The van der Waals surface area contributed by atoms with Crippen LogP contribution in [0.2, 0.25) is 0 Å². The average Bonchev–Trinajstić information content (AvgIpc) is 1.65. The van der Waals surface area contributed by atoms with Gasteiger partial charge in [-0.15, -0.1) is 0 Å². The van der Waals surface area contributed by atoms with Crippen molar-refractivity contribution < 1.29 is 4.74 Å². The predicted octanol–water partition coefficient (Wildman–Crippen LogP) is -0.335. The molecule has 2 nitrogen and oxygen atoms in total. The number of ether oxygens (including phenoxy) is 1. The molecule has 0 spiro atoms. The predicted molar refractivity (Wildman–Crippen MR) is 34.5 cm³/mol. The van der Waals surface area contributed by atoms with E-state index in [0.717, 1.165) is 0 Å². The van der Waals surface area contributed by atoms with Gasteiger partial charge < -0.3 is 0 Å². The van der Waals surface area contributed by atoms with Crippen molar-refractivity contribution in [2.75, 3.05) is 14.2 Å². The van der Waals surface area contributed by atoms with E-state index in [2.05, 4.69) is 4.74 Å². The molecule has 0 saturated heterocycles. The van der Waals surface area contributed by atoms with Gasteiger partial charge in [0.15, 0.2) is 0 Å². The van der Waals surface area contributed by atoms with E-state index in [1.165, 1.54) is 22.6 Å². The summed E-state index contributed by atoms with van der Waals surface area (Å²) < 4.78 is 6.46. The first kappa shape index (κ1) is 7.48. The van der Waals surface area contributed by atoms with Gasteiger partial charge in [-0.3, -0.25) is 0 Å². The number of rotatable bonds is 0. The fraction of sp³-hybridized carbons (Fsp3) is 0.667. The van der Waals surface area contributed by atoms with E-state index < -0.39 is 0 Å². The molecule has 0 amide bonds. The first-order valence-corrected chi connectivity index (χ1v) is 3.24. The van der Waals surface area contributed by atoms with Crippen LogP contribution in [-0.2, 0) is 4.74 Å². The van der Waals surface area contributed by atoms with Crippen LogP contribution >= 0.6 is 12.2 Å². The molecule has 0 aromatic carbocycles. The Labute approximate surface area is 62.1 Å². The van der Waals surface area contributed by atoms with Crippen LogP contribution < -0.4 is 0 Å². The zero-order valence-corrected chi connectivity index (χ0v) is 7.58. The van der Waals surface area contributed by atoms with E-state index in [4.69, 9.17) is 12.2 Å². The van der Waals surface area contributed by atoms with Crippen molar-refractivity contribution in [2.45, 2.75) is 0 Å². The fourth-order valence-electron chi connectivity index (χ4n) is 0.132. The molecular weight excluding hydrogens is 226 g/mol. The van der Waals surface area contributed by atoms with Crippen molar-refractivity contribution in [2.24, 2.45) is 0 Å². The Balaban J connectivity index is 3.35. The number of thiocarbonyl (C=S) groups is 1. The maximum atomic E-state index is 4.70. The fourth-order valence-corrected chi connectivity index (χ4v) is 0.365. The molecule has 0 heterocycles. The summed E-state index contributed by atoms with van der Waals surface area (Å²) in [6.07, 6.45) is 0. The minimum atomic E-state index is 0.536. The van der Waals surface area contributed by atoms with Gasteiger partial charge in [-0.1, -0.05) is 0 Å². The topological polar surface area (TPSA) is 12.5 Å². The molecule has 0 aromatic heterocycles. The molecule has 0 aliphatic carbocycles. The summed E-state index contributed by atoms with van der Waals surface area (Å²) in [6, 6.07) is 0. The molecule has 0 N–H and O–H groups in total. The molecular formula is C3H7NOSTe. The zero-order valence-electron chi connectivity index (χ0n) is 4.21. The molecule has 0 radical (unpaired) electrons. The molecule has 0 atom stereocenters. The molecule has 42 valence electrons. The van der Waals surface area contributed by atoms with Crippen molar-refractivity contribution >= 4 is 40.0 Å². The van der Waals surface area contributed by atoms with Gasteiger partial charge in [-0.2, -0.15) is 0 Å². The molecule has 0 aliphatic heterocycles. The van der Waals surface area contributed by atoms with Crippen molar-refractivity contribution in [1.82, 2.24) is 3.15 Å². The SMILES string of the molecule is COC(=S)N(C)[TeH]. The third kappa shape index (κ3) is 3.10. The van der Waals surface area contributed by atoms with Gasteiger partial charge in [-0.05, 0) is 0 Å². The Morgan fingerprint density at radius 3 is 2.29 bits per heavy atom. The van der Waals surface area contributed by atoms with Crippen LogP contribution in [0.25, 0.3) is 0 Å². The van der Waals surface area contributed by atoms with Crippen molar-refractivity contribution in [3.8, 4) is 0 Å². The van der Waals surface area contributed by atoms with Gasteiger partial charge in [0.2, 0.25) is 0 Å². The van der Waals surface area contributed by atoms with E-state index in [0.29, 0.717) is 5.17 Å². The van der Waals surface area contributed by atoms with Gasteiger partial charge in [0.1, 0.15) is 0 Å². The van der Waals surface area contributed by atoms with Crippen LogP contribution in [0.1, 0.15) is 0 Å². The summed E-state index contributed by atoms with van der Waals surface area (Å²) in [7, 11) is 3.43. The third-order valence-corrected chi connectivity index (χ3v) is 1.80. The Morgan fingerprint density at radius 2 is 2.29 bits per heavy atom. The van der Waals surface area contributed by atoms with Crippen LogP contribution in [0.15, 0.2) is 0 Å². The molecule has 0 bridgehead atoms. The van der Waals surface area contributed by atoms with Crippen molar-refractivity contribution in [1.29, 1.82) is 0 Å². The molecule has 4 heteroatoms. The number of hydrogen-bond donors (Lipinski definition) is 0. The van der Waals surface area contributed by atoms with Crippen molar-refractivity contribution in [3.05, 3.63) is 0 Å². The van der Waals surface area contributed by atoms with Crippen molar-refractivity contribution in [3.63, 3.8) is 0 Å². The molecule has 0 unspecified atom stereocenters. The van der Waals surface area contributed by atoms with E-state index in [1.807, 2.05) is 7.05 Å². The van der Waals surface area contributed by atoms with Crippen LogP contribution in [-0.4, -0.2) is 45.0 Å². The summed E-state index contributed by atoms with van der Waals surface area (Å²) >= 11 is 6.21. The standard InChI is InChI=1S/C3H7NOSTe/c1-4(7)3(6)5-2/h7H,1-2H3. The van der Waals surface area contributed by atoms with Gasteiger partial charge in [-0.25, -0.2) is 0 Å². The van der Waals surface area contributed by atoms with Crippen LogP contribution in [0, 0.1) is 0 Å². The normalized spacial score (nSPS) is 7.86. The summed E-state index contributed by atoms with van der Waals surface area (Å²) in [5.41, 5.74) is 0. The number of nitrogens with zero attached hydrogens (tertiary/aromatic N) is 1. The number of hydrogen-bond acceptors (Lipinski definition) is 2. The molecule has 0 saturated carbocycles. The Kier molecular flexibility index (Phi) is 3.72. The van der Waals surface area contributed by atoms with E-state index in [1.54, 1.807) is 10.3 Å². The molecule has 7 heavy (non-hydrogen) atoms. The average molecular weight is 233 g/mol. The van der Waals surface area contributed by atoms with Gasteiger partial charge in [0.25, 0.3) is 0 Å². The monoisotopic (exact) mass is 235 g/mol. The molecule has 0 aromatic rings. The first-order valence-electron chi connectivity index (χ1n) is 1.69. The zero-order chi connectivity index (χ0) is 5.86. The second kappa shape index (κ2) is 3.48. The van der Waals surface area contributed by atoms with Gasteiger partial charge in [0, 0.05) is 0 Å². The summed E-state index contributed by atoms with van der Waals surface area (Å²) in [6.45, 7) is 0. The Morgan fingerprint density at radius 1 is 1.86 bits per heavy atom. The Bertz CT molecular complexity index is 75.3. The molecule has 0 aliphatic rings. The summed E-state index contributed by atoms with van der Waals surface area (Å²) in [5, 5.41) is 0.536. The van der Waals surface area contributed by atoms with Gasteiger partial charge >= 0.3 is 62.0 Å². The summed E-state index contributed by atoms with van der Waals surface area (Å²) in [5.74, 6) is 0. The Hall–Kier alpha value is 0.480. The maximum absolute atomic E-state index is 4.70. The second-order valence-corrected chi connectivity index (χ2v) is 3.06. The second-order valence-electron chi connectivity index (χ2n) is 0.994. The molecule has 0 rings (SSSR count). The minimum absolute atomic E-state index is 0.536. The first-order chi connectivity index (χ1) is 3.18. The molecule has 0 fully saturated rings. The van der Waals surface area contributed by atoms with Gasteiger partial charge in [0.05, 0.1) is 0 Å². The van der Waals surface area contributed by atoms with Crippen LogP contribution in [0.5, 0.6) is 0 Å². The van der Waals surface area contributed by atoms with Crippen LogP contribution in [0.3, 0.4) is 0 Å². The van der Waals surface area contributed by atoms with Crippen LogP contribution in [0.4, 0.5) is 0 Å². The number of methoxy groups -OCH3 is 1.